The highest BCUT2D eigenvalue weighted by atomic mass is 16.3. The third kappa shape index (κ3) is 4.11. The number of amides is 1. The minimum atomic E-state index is -0.686. The second-order valence-electron chi connectivity index (χ2n) is 5.08. The van der Waals surface area contributed by atoms with Crippen LogP contribution in [-0.4, -0.2) is 29.0 Å². The molecule has 0 fully saturated rings. The van der Waals surface area contributed by atoms with Crippen molar-refractivity contribution in [1.29, 1.82) is 0 Å². The van der Waals surface area contributed by atoms with E-state index in [0.29, 0.717) is 6.42 Å². The Morgan fingerprint density at radius 2 is 1.90 bits per heavy atom. The van der Waals surface area contributed by atoms with Crippen molar-refractivity contribution in [1.82, 2.24) is 4.90 Å². The molecule has 3 heteroatoms. The summed E-state index contributed by atoms with van der Waals surface area (Å²) < 4.78 is 0. The van der Waals surface area contributed by atoms with Crippen molar-refractivity contribution in [3.05, 3.63) is 35.9 Å². The molecule has 0 aliphatic carbocycles. The van der Waals surface area contributed by atoms with Crippen molar-refractivity contribution in [2.45, 2.75) is 39.3 Å². The van der Waals surface area contributed by atoms with E-state index in [1.54, 1.807) is 18.9 Å². The summed E-state index contributed by atoms with van der Waals surface area (Å²) in [6.07, 6.45) is -0.136. The standard InChI is InChI=1S/C17H23NO2/c1-5-6-10-13(2)17(20)18(4)14(3)16(19)15-11-8-7-9-12-15/h7-9,11-14,16,19H,10H2,1-4H3/t13-,14+,16?/m0/s1. The van der Waals surface area contributed by atoms with E-state index in [2.05, 4.69) is 11.8 Å². The third-order valence-electron chi connectivity index (χ3n) is 3.56. The van der Waals surface area contributed by atoms with Gasteiger partial charge in [-0.15, -0.1) is 11.8 Å². The van der Waals surface area contributed by atoms with E-state index in [0.717, 1.165) is 5.56 Å². The number of carbonyl (C=O) groups excluding carboxylic acids is 1. The minimum absolute atomic E-state index is 0.00947. The smallest absolute Gasteiger partial charge is 0.226 e. The van der Waals surface area contributed by atoms with Crippen LogP contribution in [0.15, 0.2) is 30.3 Å². The Labute approximate surface area is 121 Å². The van der Waals surface area contributed by atoms with E-state index < -0.39 is 6.10 Å². The predicted octanol–water partition coefficient (Wildman–Crippen LogP) is 2.62. The molecule has 0 aromatic heterocycles. The summed E-state index contributed by atoms with van der Waals surface area (Å²) in [5.74, 6) is 5.58. The fraction of sp³-hybridized carbons (Fsp3) is 0.471. The van der Waals surface area contributed by atoms with Gasteiger partial charge in [0.1, 0.15) is 0 Å². The molecule has 1 rings (SSSR count). The lowest BCUT2D eigenvalue weighted by atomic mass is 10.0. The molecule has 3 atom stereocenters. The third-order valence-corrected chi connectivity index (χ3v) is 3.56. The first-order valence-electron chi connectivity index (χ1n) is 6.88. The molecule has 0 aliphatic heterocycles. The van der Waals surface area contributed by atoms with Crippen LogP contribution in [0.4, 0.5) is 0 Å². The molecule has 0 radical (unpaired) electrons. The molecule has 20 heavy (non-hydrogen) atoms. The average Bonchev–Trinajstić information content (AvgIpc) is 2.50. The van der Waals surface area contributed by atoms with Crippen LogP contribution in [0.3, 0.4) is 0 Å². The molecule has 108 valence electrons. The summed E-state index contributed by atoms with van der Waals surface area (Å²) in [4.78, 5) is 13.9. The molecule has 1 aromatic rings. The van der Waals surface area contributed by atoms with Crippen molar-refractivity contribution >= 4 is 5.91 Å². The Morgan fingerprint density at radius 3 is 2.45 bits per heavy atom. The Balaban J connectivity index is 2.72. The van der Waals surface area contributed by atoms with Crippen molar-refractivity contribution in [3.63, 3.8) is 0 Å². The Kier molecular flexibility index (Phi) is 6.27. The molecule has 1 N–H and O–H groups in total. The first-order chi connectivity index (χ1) is 9.49. The van der Waals surface area contributed by atoms with Gasteiger partial charge in [0.2, 0.25) is 5.91 Å². The maximum absolute atomic E-state index is 12.3. The van der Waals surface area contributed by atoms with E-state index in [1.165, 1.54) is 0 Å². The van der Waals surface area contributed by atoms with Crippen LogP contribution < -0.4 is 0 Å². The molecule has 0 aliphatic rings. The van der Waals surface area contributed by atoms with E-state index in [4.69, 9.17) is 0 Å². The van der Waals surface area contributed by atoms with E-state index in [9.17, 15) is 9.90 Å². The van der Waals surface area contributed by atoms with E-state index in [1.807, 2.05) is 44.2 Å². The van der Waals surface area contributed by atoms with E-state index in [-0.39, 0.29) is 17.9 Å². The van der Waals surface area contributed by atoms with Gasteiger partial charge in [0.15, 0.2) is 0 Å². The maximum Gasteiger partial charge on any atom is 0.226 e. The van der Waals surface area contributed by atoms with Crippen LogP contribution in [-0.2, 0) is 4.79 Å². The molecule has 0 saturated heterocycles. The summed E-state index contributed by atoms with van der Waals surface area (Å²) >= 11 is 0. The summed E-state index contributed by atoms with van der Waals surface area (Å²) in [5.41, 5.74) is 0.820. The normalized spacial score (nSPS) is 14.7. The van der Waals surface area contributed by atoms with Crippen LogP contribution in [0, 0.1) is 17.8 Å². The average molecular weight is 273 g/mol. The Morgan fingerprint density at radius 1 is 1.30 bits per heavy atom. The van der Waals surface area contributed by atoms with Gasteiger partial charge in [-0.3, -0.25) is 4.79 Å². The number of nitrogens with zero attached hydrogens (tertiary/aromatic N) is 1. The largest absolute Gasteiger partial charge is 0.386 e. The zero-order chi connectivity index (χ0) is 15.1. The van der Waals surface area contributed by atoms with Gasteiger partial charge >= 0.3 is 0 Å². The first kappa shape index (κ1) is 16.3. The Bertz CT molecular complexity index is 487. The molecular weight excluding hydrogens is 250 g/mol. The second-order valence-corrected chi connectivity index (χ2v) is 5.08. The van der Waals surface area contributed by atoms with Crippen LogP contribution >= 0.6 is 0 Å². The number of hydrogen-bond acceptors (Lipinski definition) is 2. The zero-order valence-electron chi connectivity index (χ0n) is 12.6. The maximum atomic E-state index is 12.3. The van der Waals surface area contributed by atoms with Crippen LogP contribution in [0.25, 0.3) is 0 Å². The van der Waals surface area contributed by atoms with Gasteiger partial charge in [0, 0.05) is 19.4 Å². The molecule has 0 bridgehead atoms. The van der Waals surface area contributed by atoms with Gasteiger partial charge in [-0.2, -0.15) is 0 Å². The highest BCUT2D eigenvalue weighted by Gasteiger charge is 2.26. The number of benzene rings is 1. The quantitative estimate of drug-likeness (QED) is 0.838. The van der Waals surface area contributed by atoms with Crippen LogP contribution in [0.5, 0.6) is 0 Å². The van der Waals surface area contributed by atoms with Crippen molar-refractivity contribution in [2.75, 3.05) is 7.05 Å². The summed E-state index contributed by atoms with van der Waals surface area (Å²) in [6.45, 7) is 5.49. The topological polar surface area (TPSA) is 40.5 Å². The van der Waals surface area contributed by atoms with Crippen LogP contribution in [0.2, 0.25) is 0 Å². The lowest BCUT2D eigenvalue weighted by Crippen LogP contribution is -2.41. The Hall–Kier alpha value is -1.79. The number of aliphatic hydroxyl groups excluding tert-OH is 1. The predicted molar refractivity (Wildman–Crippen MR) is 80.9 cm³/mol. The molecule has 0 heterocycles. The fourth-order valence-corrected chi connectivity index (χ4v) is 2.03. The zero-order valence-corrected chi connectivity index (χ0v) is 12.6. The van der Waals surface area contributed by atoms with Gasteiger partial charge in [0.05, 0.1) is 12.1 Å². The highest BCUT2D eigenvalue weighted by molar-refractivity contribution is 5.78. The molecular formula is C17H23NO2. The van der Waals surface area contributed by atoms with Crippen molar-refractivity contribution < 1.29 is 9.90 Å². The molecule has 3 nitrogen and oxygen atoms in total. The number of rotatable bonds is 5. The highest BCUT2D eigenvalue weighted by Crippen LogP contribution is 2.21. The summed E-state index contributed by atoms with van der Waals surface area (Å²) in [7, 11) is 1.73. The van der Waals surface area contributed by atoms with Gasteiger partial charge in [-0.05, 0) is 19.4 Å². The molecule has 0 spiro atoms. The van der Waals surface area contributed by atoms with Gasteiger partial charge in [0.25, 0.3) is 0 Å². The summed E-state index contributed by atoms with van der Waals surface area (Å²) in [5, 5.41) is 10.3. The molecule has 0 saturated carbocycles. The number of aliphatic hydroxyl groups is 1. The molecule has 1 unspecified atom stereocenters. The summed E-state index contributed by atoms with van der Waals surface area (Å²) in [6, 6.07) is 9.12. The van der Waals surface area contributed by atoms with Crippen molar-refractivity contribution in [3.8, 4) is 11.8 Å². The number of likely N-dealkylation sites (N-methyl/N-ethyl adjacent to an activating group) is 1. The number of carbonyl (C=O) groups is 1. The van der Waals surface area contributed by atoms with E-state index >= 15 is 0 Å². The first-order valence-corrected chi connectivity index (χ1v) is 6.88. The minimum Gasteiger partial charge on any atom is -0.386 e. The lowest BCUT2D eigenvalue weighted by molar-refractivity contribution is -0.137. The van der Waals surface area contributed by atoms with Gasteiger partial charge in [-0.25, -0.2) is 0 Å². The van der Waals surface area contributed by atoms with Gasteiger partial charge < -0.3 is 10.0 Å². The lowest BCUT2D eigenvalue weighted by Gasteiger charge is -2.31. The SMILES string of the molecule is CC#CC[C@H](C)C(=O)N(C)[C@H](C)C(O)c1ccccc1. The molecule has 1 aromatic carbocycles. The fourth-order valence-electron chi connectivity index (χ4n) is 2.03. The number of hydrogen-bond donors (Lipinski definition) is 1. The second kappa shape index (κ2) is 7.72. The van der Waals surface area contributed by atoms with Gasteiger partial charge in [-0.1, -0.05) is 37.3 Å². The van der Waals surface area contributed by atoms with Crippen molar-refractivity contribution in [2.24, 2.45) is 5.92 Å². The monoisotopic (exact) mass is 273 g/mol. The van der Waals surface area contributed by atoms with Crippen LogP contribution in [0.1, 0.15) is 38.9 Å². The molecule has 1 amide bonds.